The van der Waals surface area contributed by atoms with Gasteiger partial charge < -0.3 is 0 Å². The van der Waals surface area contributed by atoms with Gasteiger partial charge in [0.15, 0.2) is 0 Å². The summed E-state index contributed by atoms with van der Waals surface area (Å²) in [5.41, 5.74) is 3.98. The van der Waals surface area contributed by atoms with Crippen LogP contribution in [0.25, 0.3) is 0 Å². The molecule has 3 aliphatic carbocycles. The normalized spacial score (nSPS) is 26.2. The molecule has 2 aromatic rings. The largest absolute Gasteiger partial charge is 0.0971 e. The van der Waals surface area contributed by atoms with E-state index in [0.717, 1.165) is 28.6 Å². The lowest BCUT2D eigenvalue weighted by molar-refractivity contribution is 0.467. The molecule has 3 fully saturated rings. The van der Waals surface area contributed by atoms with Crippen molar-refractivity contribution in [3.63, 3.8) is 0 Å². The predicted octanol–water partition coefficient (Wildman–Crippen LogP) is 8.82. The lowest BCUT2D eigenvalue weighted by Crippen LogP contribution is -2.34. The first-order valence-corrected chi connectivity index (χ1v) is 17.0. The second-order valence-corrected chi connectivity index (χ2v) is 16.6. The van der Waals surface area contributed by atoms with Crippen molar-refractivity contribution in [2.75, 3.05) is 0 Å². The van der Waals surface area contributed by atoms with E-state index in [1.807, 2.05) is 0 Å². The van der Waals surface area contributed by atoms with Crippen molar-refractivity contribution in [2.45, 2.75) is 113 Å². The van der Waals surface area contributed by atoms with E-state index in [1.54, 1.807) is 36.3 Å². The molecule has 2 aromatic carbocycles. The second-order valence-electron chi connectivity index (χ2n) is 11.0. The van der Waals surface area contributed by atoms with Gasteiger partial charge in [-0.05, 0) is 85.6 Å². The van der Waals surface area contributed by atoms with Gasteiger partial charge in [0.25, 0.3) is 0 Å². The molecule has 0 N–H and O–H groups in total. The lowest BCUT2D eigenvalue weighted by Gasteiger charge is -2.46. The molecule has 0 amide bonds. The van der Waals surface area contributed by atoms with E-state index in [1.165, 1.54) is 57.8 Å². The van der Waals surface area contributed by atoms with Gasteiger partial charge in [0, 0.05) is 0 Å². The van der Waals surface area contributed by atoms with Crippen molar-refractivity contribution in [3.05, 3.63) is 60.7 Å². The number of benzene rings is 2. The predicted molar refractivity (Wildman–Crippen MR) is 150 cm³/mol. The van der Waals surface area contributed by atoms with Gasteiger partial charge in [-0.3, -0.25) is 0 Å². The summed E-state index contributed by atoms with van der Waals surface area (Å²) in [5.74, 6) is 0.937. The van der Waals surface area contributed by atoms with E-state index in [4.69, 9.17) is 0 Å². The fourth-order valence-electron chi connectivity index (χ4n) is 7.50. The van der Waals surface area contributed by atoms with Gasteiger partial charge in [0.1, 0.15) is 0 Å². The fourth-order valence-corrected chi connectivity index (χ4v) is 15.6. The molecule has 0 spiro atoms. The summed E-state index contributed by atoms with van der Waals surface area (Å²) in [6.07, 6.45) is 19.6. The van der Waals surface area contributed by atoms with Crippen molar-refractivity contribution in [1.82, 2.24) is 0 Å². The van der Waals surface area contributed by atoms with Gasteiger partial charge in [-0.15, -0.1) is 0 Å². The minimum Gasteiger partial charge on any atom is -0.0971 e. The molecule has 0 bridgehead atoms. The summed E-state index contributed by atoms with van der Waals surface area (Å²) in [6.45, 7) is 2.75. The van der Waals surface area contributed by atoms with Gasteiger partial charge in [-0.1, -0.05) is 120 Å². The molecule has 0 aliphatic heterocycles. The highest BCUT2D eigenvalue weighted by Gasteiger charge is 2.44. The SMILES string of the molecule is C[C@@H]([C@@H]1CCC[C@@H]1P(c1ccccc1)c1ccccc1)P(C1CCCCC1)C1CCCCC1. The lowest BCUT2D eigenvalue weighted by atomic mass is 9.99. The second kappa shape index (κ2) is 11.8. The van der Waals surface area contributed by atoms with Crippen LogP contribution in [0.1, 0.15) is 90.4 Å². The monoisotopic (exact) mass is 478 g/mol. The minimum atomic E-state index is -0.273. The van der Waals surface area contributed by atoms with Crippen LogP contribution in [0, 0.1) is 5.92 Å². The van der Waals surface area contributed by atoms with Gasteiger partial charge in [0.05, 0.1) is 0 Å². The van der Waals surface area contributed by atoms with Crippen molar-refractivity contribution in [1.29, 1.82) is 0 Å². The molecule has 2 heteroatoms. The van der Waals surface area contributed by atoms with Gasteiger partial charge in [-0.25, -0.2) is 0 Å². The highest BCUT2D eigenvalue weighted by molar-refractivity contribution is 7.73. The van der Waals surface area contributed by atoms with Crippen LogP contribution in [-0.4, -0.2) is 22.6 Å². The minimum absolute atomic E-state index is 0.152. The average molecular weight is 479 g/mol. The van der Waals surface area contributed by atoms with Crippen LogP contribution >= 0.6 is 15.8 Å². The highest BCUT2D eigenvalue weighted by Crippen LogP contribution is 2.64. The van der Waals surface area contributed by atoms with Gasteiger partial charge in [-0.2, -0.15) is 0 Å². The summed E-state index contributed by atoms with van der Waals surface area (Å²) >= 11 is 0. The summed E-state index contributed by atoms with van der Waals surface area (Å²) in [4.78, 5) is 0. The Bertz CT molecular complexity index is 765. The zero-order chi connectivity index (χ0) is 22.5. The molecule has 5 rings (SSSR count). The maximum Gasteiger partial charge on any atom is -0.00945 e. The molecule has 0 radical (unpaired) electrons. The van der Waals surface area contributed by atoms with Crippen LogP contribution in [-0.2, 0) is 0 Å². The fraction of sp³-hybridized carbons (Fsp3) is 0.613. The van der Waals surface area contributed by atoms with E-state index >= 15 is 0 Å². The zero-order valence-corrected chi connectivity index (χ0v) is 22.5. The van der Waals surface area contributed by atoms with E-state index in [9.17, 15) is 0 Å². The van der Waals surface area contributed by atoms with E-state index in [2.05, 4.69) is 67.6 Å². The summed E-state index contributed by atoms with van der Waals surface area (Å²) in [7, 11) is -0.121. The molecule has 3 aliphatic rings. The number of rotatable bonds is 7. The Balaban J connectivity index is 1.45. The Morgan fingerprint density at radius 3 is 1.55 bits per heavy atom. The summed E-state index contributed by atoms with van der Waals surface area (Å²) in [5, 5.41) is 3.23. The Hall–Kier alpha value is -0.700. The molecule has 3 atom stereocenters. The van der Waals surface area contributed by atoms with Crippen molar-refractivity contribution < 1.29 is 0 Å². The van der Waals surface area contributed by atoms with E-state index < -0.39 is 0 Å². The zero-order valence-electron chi connectivity index (χ0n) is 20.7. The number of hydrogen-bond donors (Lipinski definition) is 0. The molecule has 33 heavy (non-hydrogen) atoms. The van der Waals surface area contributed by atoms with Crippen molar-refractivity contribution >= 4 is 26.5 Å². The third-order valence-corrected chi connectivity index (χ3v) is 16.1. The Morgan fingerprint density at radius 1 is 0.576 bits per heavy atom. The first kappa shape index (κ1) is 24.0. The van der Waals surface area contributed by atoms with Crippen molar-refractivity contribution in [3.8, 4) is 0 Å². The molecule has 0 aromatic heterocycles. The van der Waals surface area contributed by atoms with Crippen LogP contribution < -0.4 is 10.6 Å². The van der Waals surface area contributed by atoms with E-state index in [-0.39, 0.29) is 15.8 Å². The third kappa shape index (κ3) is 5.60. The van der Waals surface area contributed by atoms with Gasteiger partial charge in [0.2, 0.25) is 0 Å². The maximum atomic E-state index is 2.75. The molecule has 0 saturated heterocycles. The first-order chi connectivity index (χ1) is 16.3. The van der Waals surface area contributed by atoms with Gasteiger partial charge >= 0.3 is 0 Å². The number of hydrogen-bond acceptors (Lipinski definition) is 0. The summed E-state index contributed by atoms with van der Waals surface area (Å²) in [6, 6.07) is 23.2. The van der Waals surface area contributed by atoms with E-state index in [0.29, 0.717) is 0 Å². The standard InChI is InChI=1S/C31H44P2/c1-25(32(26-15-6-2-7-16-26)27-17-8-3-9-18-27)30-23-14-24-31(30)33(28-19-10-4-11-20-28)29-21-12-5-13-22-29/h4-5,10-13,19-22,25-27,30-31H,2-3,6-9,14-18,23-24H2,1H3/t25-,30-,31-/m0/s1. The van der Waals surface area contributed by atoms with Crippen LogP contribution in [0.4, 0.5) is 0 Å². The van der Waals surface area contributed by atoms with Crippen LogP contribution in [0.15, 0.2) is 60.7 Å². The molecule has 178 valence electrons. The molecular formula is C31H44P2. The van der Waals surface area contributed by atoms with Crippen LogP contribution in [0.3, 0.4) is 0 Å². The topological polar surface area (TPSA) is 0 Å². The molecular weight excluding hydrogens is 434 g/mol. The first-order valence-electron chi connectivity index (χ1n) is 14.0. The Morgan fingerprint density at radius 2 is 1.06 bits per heavy atom. The van der Waals surface area contributed by atoms with Crippen LogP contribution in [0.5, 0.6) is 0 Å². The molecule has 0 nitrogen and oxygen atoms in total. The maximum absolute atomic E-state index is 2.75. The molecule has 0 heterocycles. The van der Waals surface area contributed by atoms with Crippen molar-refractivity contribution in [2.24, 2.45) is 5.92 Å². The summed E-state index contributed by atoms with van der Waals surface area (Å²) < 4.78 is 0. The van der Waals surface area contributed by atoms with Crippen LogP contribution in [0.2, 0.25) is 0 Å². The quantitative estimate of drug-likeness (QED) is 0.349. The Labute approximate surface area is 205 Å². The molecule has 0 unspecified atom stereocenters. The highest BCUT2D eigenvalue weighted by atomic mass is 31.1. The third-order valence-electron chi connectivity index (χ3n) is 9.01. The smallest absolute Gasteiger partial charge is 0.00945 e. The Kier molecular flexibility index (Phi) is 8.60. The molecule has 3 saturated carbocycles. The average Bonchev–Trinajstić information content (AvgIpc) is 3.36.